The first kappa shape index (κ1) is 16.4. The zero-order valence-electron chi connectivity index (χ0n) is 13.1. The molecule has 0 aliphatic heterocycles. The molecule has 0 aliphatic rings. The molecule has 6 nitrogen and oxygen atoms in total. The fraction of sp³-hybridized carbons (Fsp3) is 0.176. The van der Waals surface area contributed by atoms with Gasteiger partial charge >= 0.3 is 0 Å². The van der Waals surface area contributed by atoms with Gasteiger partial charge in [0.1, 0.15) is 0 Å². The smallest absolute Gasteiger partial charge is 0.270 e. The van der Waals surface area contributed by atoms with Crippen LogP contribution in [0.4, 0.5) is 5.69 Å². The van der Waals surface area contributed by atoms with E-state index in [0.29, 0.717) is 17.2 Å². The molecule has 0 spiro atoms. The lowest BCUT2D eigenvalue weighted by atomic mass is 10.1. The SMILES string of the molecule is COc1cc(/C=C\c2cccc([N+](=O)[O-])c2)cc(OC)c1OC. The van der Waals surface area contributed by atoms with Crippen LogP contribution in [-0.2, 0) is 0 Å². The van der Waals surface area contributed by atoms with Crippen molar-refractivity contribution < 1.29 is 19.1 Å². The van der Waals surface area contributed by atoms with Crippen LogP contribution in [0.1, 0.15) is 11.1 Å². The molecular weight excluding hydrogens is 298 g/mol. The van der Waals surface area contributed by atoms with E-state index in [-0.39, 0.29) is 5.69 Å². The van der Waals surface area contributed by atoms with Crippen LogP contribution in [0.5, 0.6) is 17.2 Å². The molecule has 0 aliphatic carbocycles. The highest BCUT2D eigenvalue weighted by molar-refractivity contribution is 5.73. The summed E-state index contributed by atoms with van der Waals surface area (Å²) in [5.41, 5.74) is 1.61. The van der Waals surface area contributed by atoms with Crippen LogP contribution in [0.25, 0.3) is 12.2 Å². The minimum Gasteiger partial charge on any atom is -0.493 e. The van der Waals surface area contributed by atoms with E-state index in [4.69, 9.17) is 14.2 Å². The molecule has 0 amide bonds. The van der Waals surface area contributed by atoms with E-state index in [0.717, 1.165) is 11.1 Å². The Morgan fingerprint density at radius 1 is 0.913 bits per heavy atom. The largest absolute Gasteiger partial charge is 0.493 e. The zero-order valence-corrected chi connectivity index (χ0v) is 13.1. The Balaban J connectivity index is 2.36. The van der Waals surface area contributed by atoms with E-state index in [2.05, 4.69) is 0 Å². The van der Waals surface area contributed by atoms with Crippen molar-refractivity contribution in [3.05, 3.63) is 57.6 Å². The normalized spacial score (nSPS) is 10.6. The molecule has 2 rings (SSSR count). The van der Waals surface area contributed by atoms with Crippen molar-refractivity contribution in [2.45, 2.75) is 0 Å². The summed E-state index contributed by atoms with van der Waals surface area (Å²) < 4.78 is 15.9. The summed E-state index contributed by atoms with van der Waals surface area (Å²) in [6.07, 6.45) is 3.61. The second-order valence-electron chi connectivity index (χ2n) is 4.64. The second-order valence-corrected chi connectivity index (χ2v) is 4.64. The van der Waals surface area contributed by atoms with E-state index < -0.39 is 4.92 Å². The van der Waals surface area contributed by atoms with Gasteiger partial charge in [-0.15, -0.1) is 0 Å². The number of methoxy groups -OCH3 is 3. The summed E-state index contributed by atoms with van der Waals surface area (Å²) in [6, 6.07) is 10.0. The van der Waals surface area contributed by atoms with Crippen molar-refractivity contribution in [1.82, 2.24) is 0 Å². The summed E-state index contributed by atoms with van der Waals surface area (Å²) in [7, 11) is 4.63. The Morgan fingerprint density at radius 3 is 2.04 bits per heavy atom. The summed E-state index contributed by atoms with van der Waals surface area (Å²) in [5.74, 6) is 1.61. The highest BCUT2D eigenvalue weighted by Gasteiger charge is 2.12. The monoisotopic (exact) mass is 315 g/mol. The zero-order chi connectivity index (χ0) is 16.8. The molecule has 0 saturated carbocycles. The Hall–Kier alpha value is -3.02. The minimum atomic E-state index is -0.420. The van der Waals surface area contributed by atoms with E-state index in [1.165, 1.54) is 12.1 Å². The number of ether oxygens (including phenoxy) is 3. The van der Waals surface area contributed by atoms with E-state index in [1.54, 1.807) is 51.7 Å². The quantitative estimate of drug-likeness (QED) is 0.461. The van der Waals surface area contributed by atoms with Gasteiger partial charge in [0.25, 0.3) is 5.69 Å². The second kappa shape index (κ2) is 7.31. The maximum atomic E-state index is 10.8. The average molecular weight is 315 g/mol. The first-order valence-corrected chi connectivity index (χ1v) is 6.81. The number of nitro benzene ring substituents is 1. The maximum Gasteiger partial charge on any atom is 0.270 e. The van der Waals surface area contributed by atoms with Crippen molar-refractivity contribution >= 4 is 17.8 Å². The Morgan fingerprint density at radius 2 is 1.52 bits per heavy atom. The van der Waals surface area contributed by atoms with Crippen LogP contribution in [0.3, 0.4) is 0 Å². The van der Waals surface area contributed by atoms with Crippen molar-refractivity contribution in [1.29, 1.82) is 0 Å². The molecule has 2 aromatic carbocycles. The third kappa shape index (κ3) is 3.79. The molecule has 0 heterocycles. The van der Waals surface area contributed by atoms with Gasteiger partial charge < -0.3 is 14.2 Å². The topological polar surface area (TPSA) is 70.8 Å². The number of non-ortho nitro benzene ring substituents is 1. The number of hydrogen-bond acceptors (Lipinski definition) is 5. The highest BCUT2D eigenvalue weighted by atomic mass is 16.6. The molecule has 0 unspecified atom stereocenters. The third-order valence-corrected chi connectivity index (χ3v) is 3.24. The van der Waals surface area contributed by atoms with Gasteiger partial charge in [0.2, 0.25) is 5.75 Å². The van der Waals surface area contributed by atoms with E-state index in [9.17, 15) is 10.1 Å². The predicted octanol–water partition coefficient (Wildman–Crippen LogP) is 3.79. The van der Waals surface area contributed by atoms with Gasteiger partial charge in [-0.3, -0.25) is 10.1 Å². The van der Waals surface area contributed by atoms with E-state index in [1.807, 2.05) is 6.08 Å². The fourth-order valence-electron chi connectivity index (χ4n) is 2.13. The standard InChI is InChI=1S/C17H17NO5/c1-21-15-10-13(11-16(22-2)17(15)23-3)8-7-12-5-4-6-14(9-12)18(19)20/h4-11H,1-3H3/b8-7-. The molecule has 0 bridgehead atoms. The molecule has 0 radical (unpaired) electrons. The Kier molecular flexibility index (Phi) is 5.19. The summed E-state index contributed by atoms with van der Waals surface area (Å²) in [4.78, 5) is 10.4. The minimum absolute atomic E-state index is 0.0528. The Labute approximate surface area is 134 Å². The molecule has 23 heavy (non-hydrogen) atoms. The van der Waals surface area contributed by atoms with Crippen molar-refractivity contribution in [3.63, 3.8) is 0 Å². The number of rotatable bonds is 6. The number of nitrogens with zero attached hydrogens (tertiary/aromatic N) is 1. The van der Waals surface area contributed by atoms with Crippen LogP contribution in [-0.4, -0.2) is 26.3 Å². The predicted molar refractivity (Wildman–Crippen MR) is 88.1 cm³/mol. The number of hydrogen-bond donors (Lipinski definition) is 0. The number of nitro groups is 1. The van der Waals surface area contributed by atoms with Crippen LogP contribution in [0.15, 0.2) is 36.4 Å². The first-order chi connectivity index (χ1) is 11.1. The lowest BCUT2D eigenvalue weighted by Crippen LogP contribution is -1.95. The van der Waals surface area contributed by atoms with Gasteiger partial charge in [0.15, 0.2) is 11.5 Å². The van der Waals surface area contributed by atoms with Crippen molar-refractivity contribution in [2.24, 2.45) is 0 Å². The lowest BCUT2D eigenvalue weighted by Gasteiger charge is -2.12. The van der Waals surface area contributed by atoms with Gasteiger partial charge in [-0.1, -0.05) is 24.3 Å². The molecule has 0 atom stereocenters. The molecule has 0 N–H and O–H groups in total. The van der Waals surface area contributed by atoms with Gasteiger partial charge in [-0.25, -0.2) is 0 Å². The summed E-state index contributed by atoms with van der Waals surface area (Å²) in [6.45, 7) is 0. The summed E-state index contributed by atoms with van der Waals surface area (Å²) >= 11 is 0. The average Bonchev–Trinajstić information content (AvgIpc) is 2.59. The van der Waals surface area contributed by atoms with Crippen molar-refractivity contribution in [3.8, 4) is 17.2 Å². The highest BCUT2D eigenvalue weighted by Crippen LogP contribution is 2.38. The van der Waals surface area contributed by atoms with Crippen LogP contribution < -0.4 is 14.2 Å². The molecule has 0 fully saturated rings. The van der Waals surface area contributed by atoms with Crippen LogP contribution in [0, 0.1) is 10.1 Å². The Bertz CT molecular complexity index is 715. The molecule has 0 saturated heterocycles. The third-order valence-electron chi connectivity index (χ3n) is 3.24. The lowest BCUT2D eigenvalue weighted by molar-refractivity contribution is -0.384. The van der Waals surface area contributed by atoms with Gasteiger partial charge in [0, 0.05) is 12.1 Å². The molecule has 6 heteroatoms. The first-order valence-electron chi connectivity index (χ1n) is 6.81. The van der Waals surface area contributed by atoms with Crippen molar-refractivity contribution in [2.75, 3.05) is 21.3 Å². The molecule has 2 aromatic rings. The number of benzene rings is 2. The summed E-state index contributed by atoms with van der Waals surface area (Å²) in [5, 5.41) is 10.8. The van der Waals surface area contributed by atoms with Gasteiger partial charge in [-0.2, -0.15) is 0 Å². The maximum absolute atomic E-state index is 10.8. The van der Waals surface area contributed by atoms with Gasteiger partial charge in [-0.05, 0) is 23.3 Å². The molecule has 120 valence electrons. The van der Waals surface area contributed by atoms with Crippen LogP contribution >= 0.6 is 0 Å². The van der Waals surface area contributed by atoms with Gasteiger partial charge in [0.05, 0.1) is 26.3 Å². The fourth-order valence-corrected chi connectivity index (χ4v) is 2.13. The molecule has 0 aromatic heterocycles. The van der Waals surface area contributed by atoms with Crippen LogP contribution in [0.2, 0.25) is 0 Å². The molecular formula is C17H17NO5. The van der Waals surface area contributed by atoms with E-state index >= 15 is 0 Å².